The zero-order valence-corrected chi connectivity index (χ0v) is 17.6. The quantitative estimate of drug-likeness (QED) is 0.487. The van der Waals surface area contributed by atoms with Crippen molar-refractivity contribution in [1.29, 1.82) is 0 Å². The lowest BCUT2D eigenvalue weighted by Crippen LogP contribution is -2.63. The van der Waals surface area contributed by atoms with E-state index in [0.29, 0.717) is 43.8 Å². The highest BCUT2D eigenvalue weighted by molar-refractivity contribution is 7.12. The highest BCUT2D eigenvalue weighted by Gasteiger charge is 2.41. The smallest absolute Gasteiger partial charge is 0.262 e. The number of aromatic amines is 1. The summed E-state index contributed by atoms with van der Waals surface area (Å²) in [6.45, 7) is 3.63. The van der Waals surface area contributed by atoms with Gasteiger partial charge < -0.3 is 20.9 Å². The summed E-state index contributed by atoms with van der Waals surface area (Å²) in [5.41, 5.74) is 1.80. The summed E-state index contributed by atoms with van der Waals surface area (Å²) in [6, 6.07) is 6.53. The van der Waals surface area contributed by atoms with E-state index in [4.69, 9.17) is 0 Å². The van der Waals surface area contributed by atoms with Gasteiger partial charge in [0.05, 0.1) is 4.88 Å². The number of carbonyl (C=O) groups excluding carboxylic acids is 2. The first-order valence-electron chi connectivity index (χ1n) is 10.1. The molecule has 1 aliphatic heterocycles. The van der Waals surface area contributed by atoms with Crippen LogP contribution in [0.5, 0.6) is 0 Å². The van der Waals surface area contributed by atoms with E-state index in [1.807, 2.05) is 24.6 Å². The molecule has 2 amide bonds. The number of piperidine rings is 1. The Labute approximate surface area is 178 Å². The standard InChI is InChI=1S/C22H25FN4O2S/c1-14-5-11-30-19(14)20(28)27-22(6-9-24-10-7-22)21(29)25-8-4-15-13-26-18-3-2-16(23)12-17(15)18/h2-3,5,11-13,24,26H,4,6-10H2,1H3,(H,25,29)(H,27,28). The summed E-state index contributed by atoms with van der Waals surface area (Å²) in [6.07, 6.45) is 3.49. The third kappa shape index (κ3) is 4.11. The first-order chi connectivity index (χ1) is 14.5. The predicted octanol–water partition coefficient (Wildman–Crippen LogP) is 2.89. The van der Waals surface area contributed by atoms with Crippen LogP contribution in [0.2, 0.25) is 0 Å². The van der Waals surface area contributed by atoms with Gasteiger partial charge in [-0.3, -0.25) is 9.59 Å². The van der Waals surface area contributed by atoms with Crippen LogP contribution in [0.4, 0.5) is 4.39 Å². The summed E-state index contributed by atoms with van der Waals surface area (Å²) in [5.74, 6) is -0.656. The fraction of sp³-hybridized carbons (Fsp3) is 0.364. The second kappa shape index (κ2) is 8.57. The number of hydrogen-bond acceptors (Lipinski definition) is 4. The molecule has 0 spiro atoms. The van der Waals surface area contributed by atoms with E-state index in [-0.39, 0.29) is 17.6 Å². The Bertz CT molecular complexity index is 1070. The fourth-order valence-electron chi connectivity index (χ4n) is 3.98. The first-order valence-corrected chi connectivity index (χ1v) is 11.0. The van der Waals surface area contributed by atoms with Crippen LogP contribution in [0, 0.1) is 12.7 Å². The fourth-order valence-corrected chi connectivity index (χ4v) is 4.80. The van der Waals surface area contributed by atoms with Crippen molar-refractivity contribution in [2.75, 3.05) is 19.6 Å². The van der Waals surface area contributed by atoms with Crippen molar-refractivity contribution in [2.24, 2.45) is 0 Å². The molecule has 1 aliphatic rings. The normalized spacial score (nSPS) is 15.8. The number of halogens is 1. The molecule has 6 nitrogen and oxygen atoms in total. The molecule has 0 aliphatic carbocycles. The minimum Gasteiger partial charge on any atom is -0.361 e. The number of aryl methyl sites for hydroxylation is 1. The summed E-state index contributed by atoms with van der Waals surface area (Å²) >= 11 is 1.38. The van der Waals surface area contributed by atoms with E-state index in [1.54, 1.807) is 6.07 Å². The molecule has 0 radical (unpaired) electrons. The van der Waals surface area contributed by atoms with Gasteiger partial charge in [-0.2, -0.15) is 0 Å². The number of amides is 2. The lowest BCUT2D eigenvalue weighted by molar-refractivity contribution is -0.128. The van der Waals surface area contributed by atoms with Gasteiger partial charge in [-0.05, 0) is 80.0 Å². The molecule has 1 saturated heterocycles. The second-order valence-electron chi connectivity index (χ2n) is 7.73. The van der Waals surface area contributed by atoms with E-state index in [0.717, 1.165) is 22.0 Å². The molecular formula is C22H25FN4O2S. The molecule has 0 unspecified atom stereocenters. The number of H-pyrrole nitrogens is 1. The van der Waals surface area contributed by atoms with Crippen LogP contribution in [0.3, 0.4) is 0 Å². The summed E-state index contributed by atoms with van der Waals surface area (Å²) < 4.78 is 13.6. The molecule has 2 aromatic heterocycles. The van der Waals surface area contributed by atoms with E-state index >= 15 is 0 Å². The Morgan fingerprint density at radius 1 is 1.23 bits per heavy atom. The van der Waals surface area contributed by atoms with Crippen LogP contribution in [-0.2, 0) is 11.2 Å². The lowest BCUT2D eigenvalue weighted by atomic mass is 9.87. The van der Waals surface area contributed by atoms with Gasteiger partial charge in [-0.25, -0.2) is 4.39 Å². The molecule has 1 aromatic carbocycles. The van der Waals surface area contributed by atoms with Crippen molar-refractivity contribution in [3.8, 4) is 0 Å². The molecule has 4 rings (SSSR count). The highest BCUT2D eigenvalue weighted by atomic mass is 32.1. The van der Waals surface area contributed by atoms with E-state index in [1.165, 1.54) is 23.5 Å². The predicted molar refractivity (Wildman–Crippen MR) is 116 cm³/mol. The maximum absolute atomic E-state index is 13.6. The van der Waals surface area contributed by atoms with E-state index < -0.39 is 5.54 Å². The number of thiophene rings is 1. The van der Waals surface area contributed by atoms with Crippen molar-refractivity contribution in [1.82, 2.24) is 20.9 Å². The average Bonchev–Trinajstić information content (AvgIpc) is 3.34. The number of hydrogen-bond donors (Lipinski definition) is 4. The Morgan fingerprint density at radius 3 is 2.77 bits per heavy atom. The minimum atomic E-state index is -0.926. The summed E-state index contributed by atoms with van der Waals surface area (Å²) in [5, 5.41) is 12.0. The molecule has 0 saturated carbocycles. The van der Waals surface area contributed by atoms with Crippen LogP contribution < -0.4 is 16.0 Å². The number of aromatic nitrogens is 1. The van der Waals surface area contributed by atoms with Gasteiger partial charge in [-0.15, -0.1) is 11.3 Å². The van der Waals surface area contributed by atoms with E-state index in [9.17, 15) is 14.0 Å². The number of nitrogens with one attached hydrogen (secondary N) is 4. The lowest BCUT2D eigenvalue weighted by Gasteiger charge is -2.37. The van der Waals surface area contributed by atoms with Gasteiger partial charge in [-0.1, -0.05) is 0 Å². The highest BCUT2D eigenvalue weighted by Crippen LogP contribution is 2.23. The molecule has 30 heavy (non-hydrogen) atoms. The molecule has 8 heteroatoms. The Balaban J connectivity index is 1.44. The molecule has 3 aromatic rings. The molecular weight excluding hydrogens is 403 g/mol. The van der Waals surface area contributed by atoms with Crippen molar-refractivity contribution in [3.05, 3.63) is 57.7 Å². The SMILES string of the molecule is Cc1ccsc1C(=O)NC1(C(=O)NCCc2c[nH]c3ccc(F)cc23)CCNCC1. The third-order valence-electron chi connectivity index (χ3n) is 5.72. The van der Waals surface area contributed by atoms with Gasteiger partial charge in [0.2, 0.25) is 5.91 Å². The van der Waals surface area contributed by atoms with Crippen molar-refractivity contribution >= 4 is 34.1 Å². The zero-order valence-electron chi connectivity index (χ0n) is 16.8. The molecule has 3 heterocycles. The van der Waals surface area contributed by atoms with Crippen LogP contribution in [-0.4, -0.2) is 42.0 Å². The Kier molecular flexibility index (Phi) is 5.87. The topological polar surface area (TPSA) is 86.0 Å². The largest absolute Gasteiger partial charge is 0.361 e. The third-order valence-corrected chi connectivity index (χ3v) is 6.74. The monoisotopic (exact) mass is 428 g/mol. The van der Waals surface area contributed by atoms with Crippen LogP contribution in [0.15, 0.2) is 35.8 Å². The molecule has 0 bridgehead atoms. The van der Waals surface area contributed by atoms with Crippen molar-refractivity contribution in [2.45, 2.75) is 31.7 Å². The Morgan fingerprint density at radius 2 is 2.03 bits per heavy atom. The van der Waals surface area contributed by atoms with Crippen LogP contribution in [0.1, 0.15) is 33.6 Å². The van der Waals surface area contributed by atoms with Crippen molar-refractivity contribution < 1.29 is 14.0 Å². The maximum atomic E-state index is 13.6. The summed E-state index contributed by atoms with van der Waals surface area (Å²) in [4.78, 5) is 29.7. The second-order valence-corrected chi connectivity index (χ2v) is 8.64. The number of fused-ring (bicyclic) bond motifs is 1. The van der Waals surface area contributed by atoms with E-state index in [2.05, 4.69) is 20.9 Å². The Hall–Kier alpha value is -2.71. The van der Waals surface area contributed by atoms with Crippen molar-refractivity contribution in [3.63, 3.8) is 0 Å². The van der Waals surface area contributed by atoms with Gasteiger partial charge in [0.15, 0.2) is 0 Å². The first kappa shape index (κ1) is 20.6. The average molecular weight is 429 g/mol. The van der Waals surface area contributed by atoms with Gasteiger partial charge in [0.1, 0.15) is 11.4 Å². The number of carbonyl (C=O) groups is 2. The molecule has 1 fully saturated rings. The summed E-state index contributed by atoms with van der Waals surface area (Å²) in [7, 11) is 0. The van der Waals surface area contributed by atoms with Crippen LogP contribution >= 0.6 is 11.3 Å². The zero-order chi connectivity index (χ0) is 21.1. The molecule has 158 valence electrons. The minimum absolute atomic E-state index is 0.169. The van der Waals surface area contributed by atoms with Crippen LogP contribution in [0.25, 0.3) is 10.9 Å². The molecule has 4 N–H and O–H groups in total. The van der Waals surface area contributed by atoms with Gasteiger partial charge in [0, 0.05) is 23.6 Å². The van der Waals surface area contributed by atoms with Gasteiger partial charge in [0.25, 0.3) is 5.91 Å². The number of rotatable bonds is 6. The molecule has 0 atom stereocenters. The number of benzene rings is 1. The maximum Gasteiger partial charge on any atom is 0.262 e. The van der Waals surface area contributed by atoms with Gasteiger partial charge >= 0.3 is 0 Å².